The lowest BCUT2D eigenvalue weighted by molar-refractivity contribution is 0.0694. The van der Waals surface area contributed by atoms with Gasteiger partial charge in [0.2, 0.25) is 0 Å². The molecule has 6 nitrogen and oxygen atoms in total. The molecule has 2 aromatic rings. The summed E-state index contributed by atoms with van der Waals surface area (Å²) >= 11 is 0. The van der Waals surface area contributed by atoms with Crippen LogP contribution in [0.2, 0.25) is 0 Å². The Kier molecular flexibility index (Phi) is 4.89. The SMILES string of the molecule is CC[C@@H]1[C@H](N)CN(c2c(F)cn3c(=O)c(C(=O)O)cc(C4CC4)c3c2C)C[C@@H]1C. The van der Waals surface area contributed by atoms with Crippen molar-refractivity contribution in [2.75, 3.05) is 18.0 Å². The maximum Gasteiger partial charge on any atom is 0.341 e. The molecule has 0 radical (unpaired) electrons. The predicted molar refractivity (Wildman–Crippen MR) is 110 cm³/mol. The highest BCUT2D eigenvalue weighted by Crippen LogP contribution is 2.44. The van der Waals surface area contributed by atoms with E-state index < -0.39 is 17.3 Å². The van der Waals surface area contributed by atoms with Crippen LogP contribution in [-0.2, 0) is 0 Å². The van der Waals surface area contributed by atoms with Crippen molar-refractivity contribution in [3.8, 4) is 0 Å². The number of nitrogens with two attached hydrogens (primary N) is 1. The molecule has 29 heavy (non-hydrogen) atoms. The van der Waals surface area contributed by atoms with E-state index in [9.17, 15) is 14.7 Å². The summed E-state index contributed by atoms with van der Waals surface area (Å²) < 4.78 is 16.5. The van der Waals surface area contributed by atoms with E-state index >= 15 is 4.39 Å². The molecule has 7 heteroatoms. The van der Waals surface area contributed by atoms with E-state index in [0.717, 1.165) is 31.0 Å². The van der Waals surface area contributed by atoms with Crippen LogP contribution in [0.15, 0.2) is 17.1 Å². The van der Waals surface area contributed by atoms with Crippen molar-refractivity contribution >= 4 is 17.2 Å². The number of piperidine rings is 1. The Morgan fingerprint density at radius 2 is 2.03 bits per heavy atom. The first kappa shape index (κ1) is 19.9. The number of aromatic nitrogens is 1. The van der Waals surface area contributed by atoms with Gasteiger partial charge in [0.1, 0.15) is 5.56 Å². The van der Waals surface area contributed by atoms with Crippen LogP contribution in [0.1, 0.15) is 60.5 Å². The van der Waals surface area contributed by atoms with Crippen LogP contribution in [0, 0.1) is 24.6 Å². The molecule has 3 heterocycles. The highest BCUT2D eigenvalue weighted by molar-refractivity contribution is 5.89. The molecule has 1 aliphatic heterocycles. The van der Waals surface area contributed by atoms with E-state index in [0.29, 0.717) is 41.7 Å². The summed E-state index contributed by atoms with van der Waals surface area (Å²) in [7, 11) is 0. The third-order valence-electron chi connectivity index (χ3n) is 6.70. The molecule has 3 atom stereocenters. The molecule has 3 N–H and O–H groups in total. The van der Waals surface area contributed by atoms with Crippen molar-refractivity contribution in [3.05, 3.63) is 45.1 Å². The molecule has 1 saturated heterocycles. The smallest absolute Gasteiger partial charge is 0.341 e. The van der Waals surface area contributed by atoms with Crippen LogP contribution in [0.3, 0.4) is 0 Å². The monoisotopic (exact) mass is 401 g/mol. The van der Waals surface area contributed by atoms with Crippen molar-refractivity contribution in [2.45, 2.75) is 52.0 Å². The molecule has 1 aliphatic carbocycles. The van der Waals surface area contributed by atoms with Gasteiger partial charge in [-0.3, -0.25) is 9.20 Å². The predicted octanol–water partition coefficient (Wildman–Crippen LogP) is 3.13. The molecule has 2 aliphatic rings. The van der Waals surface area contributed by atoms with Crippen molar-refractivity contribution < 1.29 is 14.3 Å². The van der Waals surface area contributed by atoms with Gasteiger partial charge < -0.3 is 15.7 Å². The van der Waals surface area contributed by atoms with E-state index in [1.807, 2.05) is 11.8 Å². The van der Waals surface area contributed by atoms with E-state index in [-0.39, 0.29) is 17.5 Å². The standard InChI is InChI=1S/C22H28FN3O3/c1-4-14-11(2)8-25(10-18(14)24)20-12(3)19-15(13-5-6-13)7-16(22(28)29)21(27)26(19)9-17(20)23/h7,9,11,13-14,18H,4-6,8,10,24H2,1-3H3,(H,28,29)/t11-,14-,18+/m0/s1. The van der Waals surface area contributed by atoms with Gasteiger partial charge in [-0.15, -0.1) is 0 Å². The first-order valence-corrected chi connectivity index (χ1v) is 10.4. The molecule has 1 saturated carbocycles. The fourth-order valence-corrected chi connectivity index (χ4v) is 5.15. The number of halogens is 1. The topological polar surface area (TPSA) is 88.0 Å². The largest absolute Gasteiger partial charge is 0.477 e. The number of anilines is 1. The minimum absolute atomic E-state index is 0.0433. The Labute approximate surface area is 169 Å². The lowest BCUT2D eigenvalue weighted by atomic mass is 9.81. The number of carboxylic acid groups (broad SMARTS) is 1. The van der Waals surface area contributed by atoms with Crippen LogP contribution in [0.4, 0.5) is 10.1 Å². The molecule has 4 rings (SSSR count). The maximum atomic E-state index is 15.3. The number of carbonyl (C=O) groups is 1. The summed E-state index contributed by atoms with van der Waals surface area (Å²) in [6.07, 6.45) is 4.04. The molecule has 2 fully saturated rings. The fraction of sp³-hybridized carbons (Fsp3) is 0.545. The average Bonchev–Trinajstić information content (AvgIpc) is 3.47. The third kappa shape index (κ3) is 3.21. The summed E-state index contributed by atoms with van der Waals surface area (Å²) in [5.41, 5.74) is 8.01. The van der Waals surface area contributed by atoms with Gasteiger partial charge in [-0.25, -0.2) is 9.18 Å². The van der Waals surface area contributed by atoms with Crippen LogP contribution in [0.5, 0.6) is 0 Å². The first-order valence-electron chi connectivity index (χ1n) is 10.4. The summed E-state index contributed by atoms with van der Waals surface area (Å²) in [5.74, 6) is -0.852. The summed E-state index contributed by atoms with van der Waals surface area (Å²) in [5, 5.41) is 9.43. The fourth-order valence-electron chi connectivity index (χ4n) is 5.15. The number of nitrogens with zero attached hydrogens (tertiary/aromatic N) is 2. The number of rotatable bonds is 4. The van der Waals surface area contributed by atoms with Crippen LogP contribution in [-0.4, -0.2) is 34.6 Å². The van der Waals surface area contributed by atoms with Crippen molar-refractivity contribution in [2.24, 2.45) is 17.6 Å². The number of pyridine rings is 2. The molecular weight excluding hydrogens is 373 g/mol. The molecule has 0 bridgehead atoms. The highest BCUT2D eigenvalue weighted by atomic mass is 19.1. The van der Waals surface area contributed by atoms with Crippen molar-refractivity contribution in [1.82, 2.24) is 4.40 Å². The van der Waals surface area contributed by atoms with Gasteiger partial charge in [-0.2, -0.15) is 0 Å². The maximum absolute atomic E-state index is 15.3. The van der Waals surface area contributed by atoms with Gasteiger partial charge in [0.25, 0.3) is 5.56 Å². The molecule has 2 aromatic heterocycles. The van der Waals surface area contributed by atoms with Gasteiger partial charge >= 0.3 is 5.97 Å². The molecule has 0 aromatic carbocycles. The first-order chi connectivity index (χ1) is 13.7. The second-order valence-corrected chi connectivity index (χ2v) is 8.69. The number of hydrogen-bond donors (Lipinski definition) is 2. The van der Waals surface area contributed by atoms with E-state index in [4.69, 9.17) is 5.73 Å². The van der Waals surface area contributed by atoms with E-state index in [1.54, 1.807) is 0 Å². The zero-order valence-corrected chi connectivity index (χ0v) is 17.1. The molecular formula is C22H28FN3O3. The van der Waals surface area contributed by atoms with E-state index in [2.05, 4.69) is 13.8 Å². The van der Waals surface area contributed by atoms with Gasteiger partial charge in [0, 0.05) is 19.1 Å². The summed E-state index contributed by atoms with van der Waals surface area (Å²) in [6, 6.07) is 1.45. The Bertz CT molecular complexity index is 1030. The molecule has 0 spiro atoms. The van der Waals surface area contributed by atoms with Crippen LogP contribution in [0.25, 0.3) is 5.52 Å². The quantitative estimate of drug-likeness (QED) is 0.822. The Hall–Kier alpha value is -2.41. The highest BCUT2D eigenvalue weighted by Gasteiger charge is 2.35. The lowest BCUT2D eigenvalue weighted by Gasteiger charge is -2.42. The number of fused-ring (bicyclic) bond motifs is 1. The summed E-state index contributed by atoms with van der Waals surface area (Å²) in [6.45, 7) is 7.37. The normalized spacial score (nSPS) is 24.9. The van der Waals surface area contributed by atoms with Crippen molar-refractivity contribution in [1.29, 1.82) is 0 Å². The Morgan fingerprint density at radius 3 is 2.59 bits per heavy atom. The number of hydrogen-bond acceptors (Lipinski definition) is 4. The van der Waals surface area contributed by atoms with Gasteiger partial charge in [-0.1, -0.05) is 20.3 Å². The van der Waals surface area contributed by atoms with Crippen LogP contribution < -0.4 is 16.2 Å². The zero-order chi connectivity index (χ0) is 21.0. The third-order valence-corrected chi connectivity index (χ3v) is 6.70. The van der Waals surface area contributed by atoms with Crippen molar-refractivity contribution in [3.63, 3.8) is 0 Å². The van der Waals surface area contributed by atoms with Gasteiger partial charge in [0.15, 0.2) is 5.82 Å². The zero-order valence-electron chi connectivity index (χ0n) is 17.1. The second kappa shape index (κ2) is 7.13. The number of carboxylic acids is 1. The summed E-state index contributed by atoms with van der Waals surface area (Å²) in [4.78, 5) is 26.3. The lowest BCUT2D eigenvalue weighted by Crippen LogP contribution is -2.52. The average molecular weight is 401 g/mol. The number of aromatic carboxylic acids is 1. The Balaban J connectivity index is 1.91. The minimum atomic E-state index is -1.28. The second-order valence-electron chi connectivity index (χ2n) is 8.69. The molecule has 156 valence electrons. The van der Waals surface area contributed by atoms with Gasteiger partial charge in [-0.05, 0) is 54.7 Å². The number of aryl methyl sites for hydroxylation is 1. The Morgan fingerprint density at radius 1 is 1.34 bits per heavy atom. The molecule has 0 unspecified atom stereocenters. The minimum Gasteiger partial charge on any atom is -0.477 e. The van der Waals surface area contributed by atoms with Crippen LogP contribution >= 0.6 is 0 Å². The molecule has 0 amide bonds. The van der Waals surface area contributed by atoms with Gasteiger partial charge in [0.05, 0.1) is 17.4 Å². The van der Waals surface area contributed by atoms with E-state index in [1.165, 1.54) is 10.5 Å².